The molecule has 0 spiro atoms. The Morgan fingerprint density at radius 2 is 2.18 bits per heavy atom. The van der Waals surface area contributed by atoms with Crippen LogP contribution in [0, 0.1) is 13.8 Å². The van der Waals surface area contributed by atoms with Gasteiger partial charge in [0, 0.05) is 10.9 Å². The highest BCUT2D eigenvalue weighted by Crippen LogP contribution is 2.24. The van der Waals surface area contributed by atoms with Gasteiger partial charge in [0.2, 0.25) is 11.1 Å². The van der Waals surface area contributed by atoms with Crippen molar-refractivity contribution >= 4 is 28.6 Å². The minimum absolute atomic E-state index is 0.0766. The standard InChI is InChI=1S/C15H16N4O2S/c1-9-11-5-3-4-6-12(11)21-13(9)7-16-14(20)8-22-15-17-10(2)18-19-15/h3-6H,7-8H2,1-2H3,(H,16,20)(H,17,18,19). The molecule has 0 saturated carbocycles. The Morgan fingerprint density at radius 3 is 2.91 bits per heavy atom. The van der Waals surface area contributed by atoms with Crippen LogP contribution in [0.2, 0.25) is 0 Å². The van der Waals surface area contributed by atoms with Crippen LogP contribution in [0.1, 0.15) is 17.1 Å². The number of para-hydroxylation sites is 1. The summed E-state index contributed by atoms with van der Waals surface area (Å²) in [5.74, 6) is 1.72. The first-order valence-corrected chi connectivity index (χ1v) is 7.87. The molecule has 114 valence electrons. The first kappa shape index (κ1) is 14.6. The summed E-state index contributed by atoms with van der Waals surface area (Å²) in [5.41, 5.74) is 1.91. The van der Waals surface area contributed by atoms with Gasteiger partial charge in [-0.3, -0.25) is 9.89 Å². The van der Waals surface area contributed by atoms with Crippen molar-refractivity contribution in [2.24, 2.45) is 0 Å². The van der Waals surface area contributed by atoms with Crippen molar-refractivity contribution in [3.05, 3.63) is 41.4 Å². The molecular weight excluding hydrogens is 300 g/mol. The molecule has 7 heteroatoms. The van der Waals surface area contributed by atoms with Crippen molar-refractivity contribution in [3.8, 4) is 0 Å². The fourth-order valence-electron chi connectivity index (χ4n) is 2.14. The van der Waals surface area contributed by atoms with Crippen LogP contribution in [-0.2, 0) is 11.3 Å². The van der Waals surface area contributed by atoms with Crippen LogP contribution >= 0.6 is 11.8 Å². The van der Waals surface area contributed by atoms with Gasteiger partial charge in [-0.25, -0.2) is 4.98 Å². The molecule has 0 aliphatic carbocycles. The van der Waals surface area contributed by atoms with E-state index in [2.05, 4.69) is 20.5 Å². The Morgan fingerprint density at radius 1 is 1.36 bits per heavy atom. The number of hydrogen-bond acceptors (Lipinski definition) is 5. The smallest absolute Gasteiger partial charge is 0.230 e. The summed E-state index contributed by atoms with van der Waals surface area (Å²) in [6.45, 7) is 4.20. The predicted octanol–water partition coefficient (Wildman–Crippen LogP) is 2.58. The van der Waals surface area contributed by atoms with Crippen LogP contribution in [0.4, 0.5) is 0 Å². The summed E-state index contributed by atoms with van der Waals surface area (Å²) in [5, 5.41) is 11.2. The highest BCUT2D eigenvalue weighted by molar-refractivity contribution is 7.99. The molecule has 6 nitrogen and oxygen atoms in total. The number of rotatable bonds is 5. The number of carbonyl (C=O) groups is 1. The summed E-state index contributed by atoms with van der Waals surface area (Å²) >= 11 is 1.30. The maximum absolute atomic E-state index is 11.9. The number of fused-ring (bicyclic) bond motifs is 1. The molecule has 0 bridgehead atoms. The fourth-order valence-corrected chi connectivity index (χ4v) is 2.81. The van der Waals surface area contributed by atoms with Crippen LogP contribution in [-0.4, -0.2) is 26.8 Å². The second kappa shape index (κ2) is 6.23. The molecule has 1 aromatic carbocycles. The fraction of sp³-hybridized carbons (Fsp3) is 0.267. The average molecular weight is 316 g/mol. The van der Waals surface area contributed by atoms with Crippen LogP contribution in [0.5, 0.6) is 0 Å². The van der Waals surface area contributed by atoms with E-state index in [0.717, 1.165) is 28.1 Å². The van der Waals surface area contributed by atoms with E-state index < -0.39 is 0 Å². The molecule has 0 aliphatic heterocycles. The third-order valence-corrected chi connectivity index (χ3v) is 4.14. The van der Waals surface area contributed by atoms with Crippen molar-refractivity contribution in [2.45, 2.75) is 25.5 Å². The second-order valence-corrected chi connectivity index (χ2v) is 5.86. The van der Waals surface area contributed by atoms with E-state index in [1.54, 1.807) is 0 Å². The first-order valence-electron chi connectivity index (χ1n) is 6.89. The molecule has 3 rings (SSSR count). The molecule has 0 aliphatic rings. The first-order chi connectivity index (χ1) is 10.6. The number of furan rings is 1. The highest BCUT2D eigenvalue weighted by atomic mass is 32.2. The summed E-state index contributed by atoms with van der Waals surface area (Å²) in [6, 6.07) is 7.85. The zero-order chi connectivity index (χ0) is 15.5. The van der Waals surface area contributed by atoms with E-state index in [4.69, 9.17) is 4.42 Å². The average Bonchev–Trinajstić information content (AvgIpc) is 3.07. The quantitative estimate of drug-likeness (QED) is 0.707. The number of aromatic amines is 1. The van der Waals surface area contributed by atoms with Gasteiger partial charge in [0.1, 0.15) is 17.2 Å². The SMILES string of the molecule is Cc1nc(SCC(=O)NCc2oc3ccccc3c2C)n[nH]1. The number of amides is 1. The number of benzene rings is 1. The summed E-state index contributed by atoms with van der Waals surface area (Å²) in [6.07, 6.45) is 0. The molecule has 0 radical (unpaired) electrons. The van der Waals surface area contributed by atoms with E-state index in [1.165, 1.54) is 11.8 Å². The van der Waals surface area contributed by atoms with Gasteiger partial charge < -0.3 is 9.73 Å². The lowest BCUT2D eigenvalue weighted by molar-refractivity contribution is -0.118. The zero-order valence-corrected chi connectivity index (χ0v) is 13.2. The molecule has 2 aromatic heterocycles. The lowest BCUT2D eigenvalue weighted by Gasteiger charge is -2.02. The molecule has 0 atom stereocenters. The van der Waals surface area contributed by atoms with E-state index in [-0.39, 0.29) is 11.7 Å². The Kier molecular flexibility index (Phi) is 4.15. The molecule has 22 heavy (non-hydrogen) atoms. The number of hydrogen-bond donors (Lipinski definition) is 2. The summed E-state index contributed by atoms with van der Waals surface area (Å²) in [7, 11) is 0. The van der Waals surface area contributed by atoms with Gasteiger partial charge in [0.15, 0.2) is 0 Å². The van der Waals surface area contributed by atoms with Gasteiger partial charge in [-0.1, -0.05) is 30.0 Å². The number of H-pyrrole nitrogens is 1. The molecule has 0 unspecified atom stereocenters. The van der Waals surface area contributed by atoms with Gasteiger partial charge >= 0.3 is 0 Å². The van der Waals surface area contributed by atoms with Gasteiger partial charge in [-0.2, -0.15) is 0 Å². The van der Waals surface area contributed by atoms with Gasteiger partial charge in [0.05, 0.1) is 12.3 Å². The van der Waals surface area contributed by atoms with Crippen molar-refractivity contribution in [3.63, 3.8) is 0 Å². The van der Waals surface area contributed by atoms with Gasteiger partial charge in [-0.05, 0) is 19.9 Å². The number of thioether (sulfide) groups is 1. The van der Waals surface area contributed by atoms with Crippen LogP contribution in [0.15, 0.2) is 33.8 Å². The predicted molar refractivity (Wildman–Crippen MR) is 84.6 cm³/mol. The van der Waals surface area contributed by atoms with E-state index in [0.29, 0.717) is 11.7 Å². The topological polar surface area (TPSA) is 83.8 Å². The Bertz CT molecular complexity index is 809. The van der Waals surface area contributed by atoms with E-state index in [1.807, 2.05) is 38.1 Å². The highest BCUT2D eigenvalue weighted by Gasteiger charge is 2.11. The Hall–Kier alpha value is -2.28. The van der Waals surface area contributed by atoms with Crippen molar-refractivity contribution in [2.75, 3.05) is 5.75 Å². The molecule has 3 aromatic rings. The Balaban J connectivity index is 1.57. The van der Waals surface area contributed by atoms with Crippen molar-refractivity contribution in [1.29, 1.82) is 0 Å². The van der Waals surface area contributed by atoms with Gasteiger partial charge in [-0.15, -0.1) is 5.10 Å². The number of carbonyl (C=O) groups excluding carboxylic acids is 1. The molecule has 1 amide bonds. The summed E-state index contributed by atoms with van der Waals surface area (Å²) in [4.78, 5) is 16.0. The number of aryl methyl sites for hydroxylation is 2. The largest absolute Gasteiger partial charge is 0.459 e. The number of nitrogens with one attached hydrogen (secondary N) is 2. The Labute approximate surface area is 131 Å². The third-order valence-electron chi connectivity index (χ3n) is 3.30. The van der Waals surface area contributed by atoms with Gasteiger partial charge in [0.25, 0.3) is 0 Å². The normalized spacial score (nSPS) is 11.0. The molecule has 0 fully saturated rings. The molecular formula is C15H16N4O2S. The van der Waals surface area contributed by atoms with E-state index >= 15 is 0 Å². The zero-order valence-electron chi connectivity index (χ0n) is 12.3. The van der Waals surface area contributed by atoms with Crippen molar-refractivity contribution < 1.29 is 9.21 Å². The lowest BCUT2D eigenvalue weighted by atomic mass is 10.1. The van der Waals surface area contributed by atoms with Crippen LogP contribution < -0.4 is 5.32 Å². The molecule has 2 N–H and O–H groups in total. The molecule has 0 saturated heterocycles. The number of aromatic nitrogens is 3. The maximum atomic E-state index is 11.9. The second-order valence-electron chi connectivity index (χ2n) is 4.92. The van der Waals surface area contributed by atoms with E-state index in [9.17, 15) is 4.79 Å². The third kappa shape index (κ3) is 3.14. The van der Waals surface area contributed by atoms with Crippen LogP contribution in [0.3, 0.4) is 0 Å². The van der Waals surface area contributed by atoms with Crippen molar-refractivity contribution in [1.82, 2.24) is 20.5 Å². The molecule has 2 heterocycles. The number of nitrogens with zero attached hydrogens (tertiary/aromatic N) is 2. The minimum atomic E-state index is -0.0766. The monoisotopic (exact) mass is 316 g/mol. The summed E-state index contributed by atoms with van der Waals surface area (Å²) < 4.78 is 5.76. The minimum Gasteiger partial charge on any atom is -0.459 e. The maximum Gasteiger partial charge on any atom is 0.230 e. The van der Waals surface area contributed by atoms with Crippen LogP contribution in [0.25, 0.3) is 11.0 Å². The lowest BCUT2D eigenvalue weighted by Crippen LogP contribution is -2.24.